The fourth-order valence-electron chi connectivity index (χ4n) is 2.40. The number of piperidine rings is 1. The van der Waals surface area contributed by atoms with E-state index in [0.29, 0.717) is 0 Å². The standard InChI is InChI=1S/C12H21N/c1-11-7-9-13(10-8-11)12-5-3-2-4-6-12/h5,11H,2-4,6-10H2,1H3. The third-order valence-corrected chi connectivity index (χ3v) is 3.46. The number of allylic oxidation sites excluding steroid dienone is 2. The molecule has 1 heteroatoms. The second-order valence-electron chi connectivity index (χ2n) is 4.61. The maximum absolute atomic E-state index is 2.62. The molecule has 0 aromatic heterocycles. The topological polar surface area (TPSA) is 3.24 Å². The molecule has 0 spiro atoms. The Morgan fingerprint density at radius 1 is 1.23 bits per heavy atom. The van der Waals surface area contributed by atoms with Crippen molar-refractivity contribution in [1.82, 2.24) is 4.90 Å². The van der Waals surface area contributed by atoms with E-state index in [9.17, 15) is 0 Å². The minimum Gasteiger partial charge on any atom is -0.375 e. The molecule has 1 heterocycles. The van der Waals surface area contributed by atoms with Crippen LogP contribution in [0.4, 0.5) is 0 Å². The summed E-state index contributed by atoms with van der Waals surface area (Å²) in [6.07, 6.45) is 10.8. The molecule has 74 valence electrons. The lowest BCUT2D eigenvalue weighted by molar-refractivity contribution is 0.227. The highest BCUT2D eigenvalue weighted by molar-refractivity contribution is 5.05. The van der Waals surface area contributed by atoms with E-state index in [1.807, 2.05) is 0 Å². The smallest absolute Gasteiger partial charge is 0.0177 e. The van der Waals surface area contributed by atoms with Gasteiger partial charge in [0, 0.05) is 18.8 Å². The summed E-state index contributed by atoms with van der Waals surface area (Å²) >= 11 is 0. The molecule has 0 aromatic carbocycles. The van der Waals surface area contributed by atoms with Gasteiger partial charge in [-0.1, -0.05) is 13.0 Å². The number of nitrogens with zero attached hydrogens (tertiary/aromatic N) is 1. The van der Waals surface area contributed by atoms with Crippen molar-refractivity contribution in [2.75, 3.05) is 13.1 Å². The third-order valence-electron chi connectivity index (χ3n) is 3.46. The fourth-order valence-corrected chi connectivity index (χ4v) is 2.40. The zero-order valence-corrected chi connectivity index (χ0v) is 8.76. The zero-order chi connectivity index (χ0) is 9.10. The lowest BCUT2D eigenvalue weighted by Crippen LogP contribution is -2.32. The Labute approximate surface area is 81.8 Å². The molecule has 0 saturated carbocycles. The van der Waals surface area contributed by atoms with Crippen LogP contribution < -0.4 is 0 Å². The summed E-state index contributed by atoms with van der Waals surface area (Å²) in [4.78, 5) is 2.62. The number of hydrogen-bond donors (Lipinski definition) is 0. The normalized spacial score (nSPS) is 25.9. The van der Waals surface area contributed by atoms with E-state index in [0.717, 1.165) is 5.92 Å². The number of hydrogen-bond acceptors (Lipinski definition) is 1. The molecule has 13 heavy (non-hydrogen) atoms. The molecule has 0 radical (unpaired) electrons. The van der Waals surface area contributed by atoms with Crippen molar-refractivity contribution >= 4 is 0 Å². The first-order chi connectivity index (χ1) is 6.36. The second kappa shape index (κ2) is 4.17. The summed E-state index contributed by atoms with van der Waals surface area (Å²) in [5.74, 6) is 0.959. The van der Waals surface area contributed by atoms with Gasteiger partial charge in [-0.15, -0.1) is 0 Å². The monoisotopic (exact) mass is 179 g/mol. The van der Waals surface area contributed by atoms with Gasteiger partial charge in [0.2, 0.25) is 0 Å². The van der Waals surface area contributed by atoms with Crippen molar-refractivity contribution in [1.29, 1.82) is 0 Å². The molecule has 2 rings (SSSR count). The Morgan fingerprint density at radius 3 is 2.62 bits per heavy atom. The van der Waals surface area contributed by atoms with E-state index in [4.69, 9.17) is 0 Å². The largest absolute Gasteiger partial charge is 0.375 e. The number of rotatable bonds is 1. The molecule has 0 amide bonds. The van der Waals surface area contributed by atoms with Gasteiger partial charge in [0.25, 0.3) is 0 Å². The Bertz CT molecular complexity index is 187. The molecule has 1 fully saturated rings. The van der Waals surface area contributed by atoms with Gasteiger partial charge in [0.05, 0.1) is 0 Å². The van der Waals surface area contributed by atoms with E-state index < -0.39 is 0 Å². The molecule has 0 bridgehead atoms. The van der Waals surface area contributed by atoms with Crippen LogP contribution in [0, 0.1) is 5.92 Å². The van der Waals surface area contributed by atoms with E-state index in [2.05, 4.69) is 17.9 Å². The zero-order valence-electron chi connectivity index (χ0n) is 8.76. The van der Waals surface area contributed by atoms with Gasteiger partial charge in [-0.2, -0.15) is 0 Å². The van der Waals surface area contributed by atoms with Crippen molar-refractivity contribution in [3.63, 3.8) is 0 Å². The van der Waals surface area contributed by atoms with Crippen molar-refractivity contribution in [3.8, 4) is 0 Å². The summed E-state index contributed by atoms with van der Waals surface area (Å²) < 4.78 is 0. The first-order valence-corrected chi connectivity index (χ1v) is 5.80. The van der Waals surface area contributed by atoms with Gasteiger partial charge in [0.15, 0.2) is 0 Å². The predicted octanol–water partition coefficient (Wildman–Crippen LogP) is 3.18. The van der Waals surface area contributed by atoms with Crippen LogP contribution in [0.3, 0.4) is 0 Å². The van der Waals surface area contributed by atoms with Crippen molar-refractivity contribution in [2.24, 2.45) is 5.92 Å². The molecule has 0 atom stereocenters. The summed E-state index contributed by atoms with van der Waals surface area (Å²) in [5.41, 5.74) is 1.65. The lowest BCUT2D eigenvalue weighted by atomic mass is 9.96. The van der Waals surface area contributed by atoms with Crippen molar-refractivity contribution in [3.05, 3.63) is 11.8 Å². The summed E-state index contributed by atoms with van der Waals surface area (Å²) in [5, 5.41) is 0. The van der Waals surface area contributed by atoms with E-state index in [1.165, 1.54) is 51.6 Å². The van der Waals surface area contributed by atoms with Gasteiger partial charge in [-0.3, -0.25) is 0 Å². The van der Waals surface area contributed by atoms with Gasteiger partial charge < -0.3 is 4.90 Å². The van der Waals surface area contributed by atoms with E-state index >= 15 is 0 Å². The Hall–Kier alpha value is -0.460. The molecular weight excluding hydrogens is 158 g/mol. The molecule has 2 aliphatic rings. The molecule has 1 saturated heterocycles. The van der Waals surface area contributed by atoms with E-state index in [1.54, 1.807) is 5.70 Å². The number of likely N-dealkylation sites (tertiary alicyclic amines) is 1. The molecule has 1 aliphatic heterocycles. The van der Waals surface area contributed by atoms with E-state index in [-0.39, 0.29) is 0 Å². The predicted molar refractivity (Wildman–Crippen MR) is 56.5 cm³/mol. The first-order valence-electron chi connectivity index (χ1n) is 5.80. The molecule has 0 N–H and O–H groups in total. The summed E-state index contributed by atoms with van der Waals surface area (Å²) in [6, 6.07) is 0. The Balaban J connectivity index is 1.89. The van der Waals surface area contributed by atoms with Crippen LogP contribution in [0.1, 0.15) is 45.4 Å². The minimum absolute atomic E-state index is 0.959. The molecule has 0 aromatic rings. The maximum atomic E-state index is 2.62. The molecule has 0 unspecified atom stereocenters. The minimum atomic E-state index is 0.959. The lowest BCUT2D eigenvalue weighted by Gasteiger charge is -2.35. The second-order valence-corrected chi connectivity index (χ2v) is 4.61. The average Bonchev–Trinajstić information content (AvgIpc) is 2.20. The van der Waals surface area contributed by atoms with Gasteiger partial charge in [-0.05, 0) is 44.4 Å². The SMILES string of the molecule is CC1CCN(C2=CCCCC2)CC1. The highest BCUT2D eigenvalue weighted by Gasteiger charge is 2.18. The van der Waals surface area contributed by atoms with Crippen LogP contribution in [0.2, 0.25) is 0 Å². The molecule has 1 nitrogen and oxygen atoms in total. The van der Waals surface area contributed by atoms with Crippen molar-refractivity contribution in [2.45, 2.75) is 45.4 Å². The van der Waals surface area contributed by atoms with Crippen LogP contribution in [0.15, 0.2) is 11.8 Å². The van der Waals surface area contributed by atoms with Crippen LogP contribution in [-0.2, 0) is 0 Å². The van der Waals surface area contributed by atoms with Crippen LogP contribution in [-0.4, -0.2) is 18.0 Å². The highest BCUT2D eigenvalue weighted by atomic mass is 15.1. The van der Waals surface area contributed by atoms with Gasteiger partial charge >= 0.3 is 0 Å². The third kappa shape index (κ3) is 2.26. The van der Waals surface area contributed by atoms with Gasteiger partial charge in [-0.25, -0.2) is 0 Å². The summed E-state index contributed by atoms with van der Waals surface area (Å²) in [7, 11) is 0. The highest BCUT2D eigenvalue weighted by Crippen LogP contribution is 2.25. The Morgan fingerprint density at radius 2 is 2.00 bits per heavy atom. The molecule has 1 aliphatic carbocycles. The quantitative estimate of drug-likeness (QED) is 0.597. The Kier molecular flexibility index (Phi) is 2.92. The summed E-state index contributed by atoms with van der Waals surface area (Å²) in [6.45, 7) is 5.01. The van der Waals surface area contributed by atoms with Crippen LogP contribution >= 0.6 is 0 Å². The van der Waals surface area contributed by atoms with Crippen molar-refractivity contribution < 1.29 is 0 Å². The van der Waals surface area contributed by atoms with Gasteiger partial charge in [0.1, 0.15) is 0 Å². The maximum Gasteiger partial charge on any atom is 0.0177 e. The first kappa shape index (κ1) is 9.11. The van der Waals surface area contributed by atoms with Crippen LogP contribution in [0.25, 0.3) is 0 Å². The van der Waals surface area contributed by atoms with Crippen LogP contribution in [0.5, 0.6) is 0 Å². The fraction of sp³-hybridized carbons (Fsp3) is 0.833. The molecular formula is C12H21N. The average molecular weight is 179 g/mol.